The Morgan fingerprint density at radius 3 is 2.84 bits per heavy atom. The maximum absolute atomic E-state index is 12.7. The van der Waals surface area contributed by atoms with E-state index >= 15 is 0 Å². The number of fused-ring (bicyclic) bond motifs is 2. The smallest absolute Gasteiger partial charge is 0.227 e. The number of anilines is 1. The first kappa shape index (κ1) is 16.5. The third kappa shape index (κ3) is 2.73. The Morgan fingerprint density at radius 1 is 1.32 bits per heavy atom. The summed E-state index contributed by atoms with van der Waals surface area (Å²) in [4.78, 5) is 14.5. The van der Waals surface area contributed by atoms with Crippen LogP contribution in [0.4, 0.5) is 5.69 Å². The second kappa shape index (κ2) is 5.81. The zero-order valence-corrected chi connectivity index (χ0v) is 15.4. The van der Waals surface area contributed by atoms with E-state index in [1.54, 1.807) is 9.58 Å². The molecule has 1 spiro atoms. The van der Waals surface area contributed by atoms with Crippen molar-refractivity contribution in [2.24, 2.45) is 7.05 Å². The summed E-state index contributed by atoms with van der Waals surface area (Å²) >= 11 is 6.20. The Hall–Kier alpha value is -1.92. The first-order valence-corrected chi connectivity index (χ1v) is 8.95. The molecular formula is C18H22ClN5O. The Kier molecular flexibility index (Phi) is 3.85. The lowest BCUT2D eigenvalue weighted by Crippen LogP contribution is -2.52. The van der Waals surface area contributed by atoms with Crippen LogP contribution in [0.15, 0.2) is 24.4 Å². The maximum atomic E-state index is 12.7. The molecule has 1 saturated heterocycles. The fourth-order valence-corrected chi connectivity index (χ4v) is 4.64. The topological polar surface area (TPSA) is 63.1 Å². The minimum atomic E-state index is -0.198. The summed E-state index contributed by atoms with van der Waals surface area (Å²) < 4.78 is 1.72. The van der Waals surface area contributed by atoms with Crippen LogP contribution in [-0.4, -0.2) is 34.0 Å². The number of nitrogens with one attached hydrogen (secondary N) is 1. The summed E-state index contributed by atoms with van der Waals surface area (Å²) in [6, 6.07) is 6.28. The van der Waals surface area contributed by atoms with Gasteiger partial charge in [-0.3, -0.25) is 9.48 Å². The Bertz CT molecular complexity index is 835. The van der Waals surface area contributed by atoms with Gasteiger partial charge < -0.3 is 10.2 Å². The van der Waals surface area contributed by atoms with Gasteiger partial charge in [-0.25, -0.2) is 0 Å². The highest BCUT2D eigenvalue weighted by molar-refractivity contribution is 6.31. The minimum absolute atomic E-state index is 0.0807. The first-order valence-electron chi connectivity index (χ1n) is 8.57. The minimum Gasteiger partial charge on any atom is -0.315 e. The lowest BCUT2D eigenvalue weighted by Gasteiger charge is -2.48. The van der Waals surface area contributed by atoms with Gasteiger partial charge in [-0.05, 0) is 37.5 Å². The molecule has 132 valence electrons. The molecule has 0 aliphatic carbocycles. The van der Waals surface area contributed by atoms with Crippen molar-refractivity contribution in [3.8, 4) is 0 Å². The van der Waals surface area contributed by atoms with Gasteiger partial charge in [0.25, 0.3) is 0 Å². The van der Waals surface area contributed by atoms with Crippen LogP contribution >= 0.6 is 11.6 Å². The van der Waals surface area contributed by atoms with Crippen LogP contribution in [0.1, 0.15) is 43.5 Å². The SMILES string of the molecule is C[C@H]1CC2(CC(=O)N(C)c3cc(Cl)ccc32)C[C@@H](c2cn(C)nn2)N1. The lowest BCUT2D eigenvalue weighted by molar-refractivity contribution is -0.120. The summed E-state index contributed by atoms with van der Waals surface area (Å²) in [6.45, 7) is 2.17. The number of rotatable bonds is 1. The highest BCUT2D eigenvalue weighted by atomic mass is 35.5. The summed E-state index contributed by atoms with van der Waals surface area (Å²) in [5.41, 5.74) is 2.86. The molecule has 1 fully saturated rings. The average Bonchev–Trinajstić information content (AvgIpc) is 2.99. The van der Waals surface area contributed by atoms with Crippen LogP contribution < -0.4 is 10.2 Å². The molecule has 0 saturated carbocycles. The molecule has 0 bridgehead atoms. The highest BCUT2D eigenvalue weighted by Gasteiger charge is 2.47. The summed E-state index contributed by atoms with van der Waals surface area (Å²) in [5.74, 6) is 0.141. The number of hydrogen-bond donors (Lipinski definition) is 1. The van der Waals surface area contributed by atoms with Crippen LogP contribution in [0.3, 0.4) is 0 Å². The third-order valence-electron chi connectivity index (χ3n) is 5.51. The van der Waals surface area contributed by atoms with Gasteiger partial charge in [-0.2, -0.15) is 0 Å². The molecule has 1 amide bonds. The quantitative estimate of drug-likeness (QED) is 0.850. The van der Waals surface area contributed by atoms with Crippen molar-refractivity contribution in [3.05, 3.63) is 40.7 Å². The molecule has 2 aliphatic heterocycles. The van der Waals surface area contributed by atoms with E-state index in [1.807, 2.05) is 32.4 Å². The number of piperidine rings is 1. The van der Waals surface area contributed by atoms with E-state index in [1.165, 1.54) is 5.56 Å². The molecule has 25 heavy (non-hydrogen) atoms. The van der Waals surface area contributed by atoms with Gasteiger partial charge in [0, 0.05) is 48.9 Å². The fraction of sp³-hybridized carbons (Fsp3) is 0.500. The molecule has 6 nitrogen and oxygen atoms in total. The number of aryl methyl sites for hydroxylation is 1. The predicted octanol–water partition coefficient (Wildman–Crippen LogP) is 2.59. The van der Waals surface area contributed by atoms with Crippen molar-refractivity contribution in [3.63, 3.8) is 0 Å². The van der Waals surface area contributed by atoms with Gasteiger partial charge in [0.15, 0.2) is 0 Å². The number of carbonyl (C=O) groups excluding carboxylic acids is 1. The molecular weight excluding hydrogens is 338 g/mol. The molecule has 2 aliphatic rings. The van der Waals surface area contributed by atoms with Gasteiger partial charge in [0.2, 0.25) is 5.91 Å². The Labute approximate surface area is 152 Å². The van der Waals surface area contributed by atoms with E-state index in [9.17, 15) is 4.79 Å². The van der Waals surface area contributed by atoms with Gasteiger partial charge in [0.1, 0.15) is 0 Å². The number of hydrogen-bond acceptors (Lipinski definition) is 4. The van der Waals surface area contributed by atoms with E-state index in [0.717, 1.165) is 24.2 Å². The zero-order chi connectivity index (χ0) is 17.8. The summed E-state index contributed by atoms with van der Waals surface area (Å²) in [6.07, 6.45) is 4.20. The van der Waals surface area contributed by atoms with Crippen molar-refractivity contribution in [1.29, 1.82) is 0 Å². The van der Waals surface area contributed by atoms with Crippen molar-refractivity contribution in [2.45, 2.75) is 43.7 Å². The van der Waals surface area contributed by atoms with Crippen LogP contribution in [0.5, 0.6) is 0 Å². The molecule has 2 aromatic rings. The Morgan fingerprint density at radius 2 is 2.12 bits per heavy atom. The van der Waals surface area contributed by atoms with Crippen LogP contribution in [0.2, 0.25) is 5.02 Å². The first-order chi connectivity index (χ1) is 11.9. The van der Waals surface area contributed by atoms with Gasteiger partial charge in [-0.1, -0.05) is 22.9 Å². The average molecular weight is 360 g/mol. The maximum Gasteiger partial charge on any atom is 0.227 e. The molecule has 1 aromatic carbocycles. The van der Waals surface area contributed by atoms with Crippen molar-refractivity contribution >= 4 is 23.2 Å². The molecule has 1 unspecified atom stereocenters. The van der Waals surface area contributed by atoms with Gasteiger partial charge in [-0.15, -0.1) is 5.10 Å². The van der Waals surface area contributed by atoms with E-state index in [4.69, 9.17) is 11.6 Å². The predicted molar refractivity (Wildman–Crippen MR) is 96.7 cm³/mol. The number of carbonyl (C=O) groups is 1. The number of aromatic nitrogens is 3. The molecule has 3 heterocycles. The van der Waals surface area contributed by atoms with Crippen molar-refractivity contribution in [1.82, 2.24) is 20.3 Å². The standard InChI is InChI=1S/C18H22ClN5O/c1-11-7-18(8-14(20-11)15-10-23(2)22-21-15)9-17(25)24(3)16-6-12(19)4-5-13(16)18/h4-6,10-11,14,20H,7-9H2,1-3H3/t11-,14-,18?/m0/s1. The molecule has 0 radical (unpaired) electrons. The number of halogens is 1. The molecule has 3 atom stereocenters. The third-order valence-corrected chi connectivity index (χ3v) is 5.75. The van der Waals surface area contributed by atoms with Gasteiger partial charge in [0.05, 0.1) is 11.7 Å². The van der Waals surface area contributed by atoms with Crippen LogP contribution in [0, 0.1) is 0 Å². The number of nitrogens with zero attached hydrogens (tertiary/aromatic N) is 4. The molecule has 4 rings (SSSR count). The zero-order valence-electron chi connectivity index (χ0n) is 14.7. The highest BCUT2D eigenvalue weighted by Crippen LogP contribution is 2.50. The van der Waals surface area contributed by atoms with Crippen LogP contribution in [0.25, 0.3) is 0 Å². The normalized spacial score (nSPS) is 29.1. The summed E-state index contributed by atoms with van der Waals surface area (Å²) in [7, 11) is 3.70. The monoisotopic (exact) mass is 359 g/mol. The fourth-order valence-electron chi connectivity index (χ4n) is 4.47. The Balaban J connectivity index is 1.80. The molecule has 1 aromatic heterocycles. The number of benzene rings is 1. The van der Waals surface area contributed by atoms with Gasteiger partial charge >= 0.3 is 0 Å². The van der Waals surface area contributed by atoms with Crippen molar-refractivity contribution < 1.29 is 4.79 Å². The van der Waals surface area contributed by atoms with Crippen LogP contribution in [-0.2, 0) is 17.3 Å². The van der Waals surface area contributed by atoms with E-state index in [-0.39, 0.29) is 23.4 Å². The summed E-state index contributed by atoms with van der Waals surface area (Å²) in [5, 5.41) is 12.6. The lowest BCUT2D eigenvalue weighted by atomic mass is 9.64. The van der Waals surface area contributed by atoms with Crippen molar-refractivity contribution in [2.75, 3.05) is 11.9 Å². The van der Waals surface area contributed by atoms with E-state index in [0.29, 0.717) is 11.4 Å². The van der Waals surface area contributed by atoms with E-state index in [2.05, 4.69) is 28.6 Å². The molecule has 1 N–H and O–H groups in total. The second-order valence-corrected chi connectivity index (χ2v) is 7.85. The van der Waals surface area contributed by atoms with E-state index < -0.39 is 0 Å². The largest absolute Gasteiger partial charge is 0.315 e. The second-order valence-electron chi connectivity index (χ2n) is 7.42. The molecule has 7 heteroatoms. The number of amides is 1.